The monoisotopic (exact) mass is 438 g/mol. The number of rotatable bonds is 6. The molecule has 0 spiro atoms. The van der Waals surface area contributed by atoms with Crippen molar-refractivity contribution in [1.29, 1.82) is 0 Å². The van der Waals surface area contributed by atoms with E-state index in [0.717, 1.165) is 32.1 Å². The van der Waals surface area contributed by atoms with E-state index in [-0.39, 0.29) is 31.1 Å². The highest BCUT2D eigenvalue weighted by Gasteiger charge is 2.22. The molecule has 1 heterocycles. The normalized spacial score (nSPS) is 15.2. The number of ether oxygens (including phenoxy) is 3. The van der Waals surface area contributed by atoms with Crippen LogP contribution >= 0.6 is 0 Å². The van der Waals surface area contributed by atoms with Gasteiger partial charge in [-0.05, 0) is 54.8 Å². The summed E-state index contributed by atoms with van der Waals surface area (Å²) in [5.74, 6) is 0.271. The molecule has 2 aliphatic rings. The number of esters is 1. The van der Waals surface area contributed by atoms with Gasteiger partial charge in [0.25, 0.3) is 5.91 Å². The van der Waals surface area contributed by atoms with Crippen LogP contribution in [0.3, 0.4) is 0 Å². The van der Waals surface area contributed by atoms with Crippen LogP contribution in [-0.2, 0) is 16.1 Å². The highest BCUT2D eigenvalue weighted by atomic mass is 16.7. The van der Waals surface area contributed by atoms with Gasteiger partial charge in [0, 0.05) is 23.7 Å². The maximum absolute atomic E-state index is 12.7. The number of hydrogen-bond donors (Lipinski definition) is 2. The van der Waals surface area contributed by atoms with E-state index < -0.39 is 5.97 Å². The van der Waals surface area contributed by atoms with Crippen molar-refractivity contribution in [3.63, 3.8) is 0 Å². The fourth-order valence-corrected chi connectivity index (χ4v) is 4.03. The van der Waals surface area contributed by atoms with Crippen molar-refractivity contribution in [1.82, 2.24) is 5.32 Å². The second kappa shape index (κ2) is 9.72. The SMILES string of the molecule is COC(=O)c1cc(CNC(=O)c2ccc3c(c2)OCO3)cc(NC(=O)C2CCCCC2)c1. The molecular weight excluding hydrogens is 412 g/mol. The van der Waals surface area contributed by atoms with E-state index in [1.165, 1.54) is 7.11 Å². The minimum Gasteiger partial charge on any atom is -0.465 e. The number of carbonyl (C=O) groups is 3. The van der Waals surface area contributed by atoms with E-state index in [9.17, 15) is 14.4 Å². The Hall–Kier alpha value is -3.55. The lowest BCUT2D eigenvalue weighted by atomic mass is 9.88. The van der Waals surface area contributed by atoms with Gasteiger partial charge < -0.3 is 24.8 Å². The fourth-order valence-electron chi connectivity index (χ4n) is 4.03. The van der Waals surface area contributed by atoms with Gasteiger partial charge in [0.05, 0.1) is 12.7 Å². The van der Waals surface area contributed by atoms with Gasteiger partial charge in [0.2, 0.25) is 12.7 Å². The van der Waals surface area contributed by atoms with Gasteiger partial charge in [-0.2, -0.15) is 0 Å². The predicted molar refractivity (Wildman–Crippen MR) is 117 cm³/mol. The molecule has 1 aliphatic heterocycles. The Morgan fingerprint density at radius 3 is 2.53 bits per heavy atom. The number of carbonyl (C=O) groups excluding carboxylic acids is 3. The molecule has 168 valence electrons. The second-order valence-corrected chi connectivity index (χ2v) is 7.99. The lowest BCUT2D eigenvalue weighted by Crippen LogP contribution is -2.25. The number of methoxy groups -OCH3 is 1. The summed E-state index contributed by atoms with van der Waals surface area (Å²) >= 11 is 0. The molecule has 4 rings (SSSR count). The molecule has 1 fully saturated rings. The Morgan fingerprint density at radius 2 is 1.75 bits per heavy atom. The molecule has 0 atom stereocenters. The molecule has 1 saturated carbocycles. The fraction of sp³-hybridized carbons (Fsp3) is 0.375. The molecule has 2 aromatic rings. The summed E-state index contributed by atoms with van der Waals surface area (Å²) in [5.41, 5.74) is 1.92. The van der Waals surface area contributed by atoms with E-state index in [1.54, 1.807) is 36.4 Å². The zero-order valence-electron chi connectivity index (χ0n) is 17.9. The first-order valence-corrected chi connectivity index (χ1v) is 10.7. The Kier molecular flexibility index (Phi) is 6.58. The van der Waals surface area contributed by atoms with Crippen LogP contribution in [-0.4, -0.2) is 31.7 Å². The Balaban J connectivity index is 1.47. The zero-order chi connectivity index (χ0) is 22.5. The number of anilines is 1. The van der Waals surface area contributed by atoms with E-state index in [4.69, 9.17) is 14.2 Å². The third-order valence-corrected chi connectivity index (χ3v) is 5.75. The molecule has 2 N–H and O–H groups in total. The highest BCUT2D eigenvalue weighted by molar-refractivity contribution is 5.96. The second-order valence-electron chi connectivity index (χ2n) is 7.99. The summed E-state index contributed by atoms with van der Waals surface area (Å²) in [6.45, 7) is 0.306. The molecule has 8 nitrogen and oxygen atoms in total. The van der Waals surface area contributed by atoms with Gasteiger partial charge in [-0.3, -0.25) is 9.59 Å². The summed E-state index contributed by atoms with van der Waals surface area (Å²) in [6, 6.07) is 9.96. The van der Waals surface area contributed by atoms with E-state index in [1.807, 2.05) is 0 Å². The molecule has 0 saturated heterocycles. The van der Waals surface area contributed by atoms with Crippen molar-refractivity contribution in [2.24, 2.45) is 5.92 Å². The lowest BCUT2D eigenvalue weighted by molar-refractivity contribution is -0.120. The number of hydrogen-bond acceptors (Lipinski definition) is 6. The van der Waals surface area contributed by atoms with Crippen LogP contribution in [0.25, 0.3) is 0 Å². The summed E-state index contributed by atoms with van der Waals surface area (Å²) in [7, 11) is 1.30. The van der Waals surface area contributed by atoms with E-state index in [2.05, 4.69) is 10.6 Å². The molecule has 32 heavy (non-hydrogen) atoms. The Morgan fingerprint density at radius 1 is 0.969 bits per heavy atom. The first-order chi connectivity index (χ1) is 15.5. The van der Waals surface area contributed by atoms with E-state index in [0.29, 0.717) is 33.9 Å². The first kappa shape index (κ1) is 21.7. The molecule has 0 bridgehead atoms. The molecular formula is C24H26N2O6. The Labute approximate surface area is 186 Å². The topological polar surface area (TPSA) is 103 Å². The van der Waals surface area contributed by atoms with Crippen molar-refractivity contribution < 1.29 is 28.6 Å². The minimum absolute atomic E-state index is 0.0142. The summed E-state index contributed by atoms with van der Waals surface area (Å²) in [5, 5.41) is 5.76. The van der Waals surface area contributed by atoms with Crippen molar-refractivity contribution in [3.05, 3.63) is 53.1 Å². The average Bonchev–Trinajstić information content (AvgIpc) is 3.30. The van der Waals surface area contributed by atoms with Gasteiger partial charge >= 0.3 is 5.97 Å². The van der Waals surface area contributed by atoms with Crippen LogP contribution in [0.5, 0.6) is 11.5 Å². The Bertz CT molecular complexity index is 1030. The first-order valence-electron chi connectivity index (χ1n) is 10.7. The van der Waals surface area contributed by atoms with Crippen molar-refractivity contribution in [2.45, 2.75) is 38.6 Å². The number of amides is 2. The molecule has 2 aromatic carbocycles. The van der Waals surface area contributed by atoms with Crippen LogP contribution < -0.4 is 20.1 Å². The van der Waals surface area contributed by atoms with E-state index >= 15 is 0 Å². The van der Waals surface area contributed by atoms with Crippen LogP contribution in [0.1, 0.15) is 58.4 Å². The van der Waals surface area contributed by atoms with Crippen LogP contribution in [0, 0.1) is 5.92 Å². The summed E-state index contributed by atoms with van der Waals surface area (Å²) < 4.78 is 15.4. The number of benzene rings is 2. The van der Waals surface area contributed by atoms with Crippen molar-refractivity contribution in [3.8, 4) is 11.5 Å². The van der Waals surface area contributed by atoms with Gasteiger partial charge in [0.1, 0.15) is 0 Å². The van der Waals surface area contributed by atoms with Crippen LogP contribution in [0.15, 0.2) is 36.4 Å². The molecule has 8 heteroatoms. The summed E-state index contributed by atoms with van der Waals surface area (Å²) in [4.78, 5) is 37.4. The highest BCUT2D eigenvalue weighted by Crippen LogP contribution is 2.32. The molecule has 0 radical (unpaired) electrons. The lowest BCUT2D eigenvalue weighted by Gasteiger charge is -2.21. The smallest absolute Gasteiger partial charge is 0.337 e. The predicted octanol–water partition coefficient (Wildman–Crippen LogP) is 3.65. The van der Waals surface area contributed by atoms with Crippen LogP contribution in [0.4, 0.5) is 5.69 Å². The standard InChI is InChI=1S/C24H26N2O6/c1-30-24(29)18-9-15(10-19(11-18)26-23(28)16-5-3-2-4-6-16)13-25-22(27)17-7-8-20-21(12-17)32-14-31-20/h7-12,16H,2-6,13-14H2,1H3,(H,25,27)(H,26,28). The molecule has 2 amide bonds. The van der Waals surface area contributed by atoms with Crippen molar-refractivity contribution >= 4 is 23.5 Å². The summed E-state index contributed by atoms with van der Waals surface area (Å²) in [6.07, 6.45) is 5.02. The van der Waals surface area contributed by atoms with Crippen LogP contribution in [0.2, 0.25) is 0 Å². The quantitative estimate of drug-likeness (QED) is 0.668. The van der Waals surface area contributed by atoms with Gasteiger partial charge in [-0.25, -0.2) is 4.79 Å². The maximum atomic E-state index is 12.7. The van der Waals surface area contributed by atoms with Gasteiger partial charge in [-0.15, -0.1) is 0 Å². The third kappa shape index (κ3) is 5.01. The molecule has 0 unspecified atom stereocenters. The largest absolute Gasteiger partial charge is 0.465 e. The molecule has 1 aliphatic carbocycles. The molecule has 0 aromatic heterocycles. The third-order valence-electron chi connectivity index (χ3n) is 5.75. The minimum atomic E-state index is -0.512. The number of nitrogens with one attached hydrogen (secondary N) is 2. The zero-order valence-corrected chi connectivity index (χ0v) is 17.9. The van der Waals surface area contributed by atoms with Gasteiger partial charge in [-0.1, -0.05) is 19.3 Å². The van der Waals surface area contributed by atoms with Crippen molar-refractivity contribution in [2.75, 3.05) is 19.2 Å². The average molecular weight is 438 g/mol. The van der Waals surface area contributed by atoms with Gasteiger partial charge in [0.15, 0.2) is 11.5 Å². The number of fused-ring (bicyclic) bond motifs is 1. The maximum Gasteiger partial charge on any atom is 0.337 e.